The Balaban J connectivity index is 1.79. The Morgan fingerprint density at radius 2 is 2.11 bits per heavy atom. The van der Waals surface area contributed by atoms with Crippen LogP contribution < -0.4 is 5.56 Å². The summed E-state index contributed by atoms with van der Waals surface area (Å²) in [5.74, 6) is 1.06. The van der Waals surface area contributed by atoms with Crippen molar-refractivity contribution in [2.24, 2.45) is 5.92 Å². The summed E-state index contributed by atoms with van der Waals surface area (Å²) in [4.78, 5) is 32.0. The third-order valence-electron chi connectivity index (χ3n) is 5.45. The maximum atomic E-state index is 12.8. The number of aromatic nitrogens is 2. The summed E-state index contributed by atoms with van der Waals surface area (Å²) < 4.78 is 1.56. The average molecular weight is 420 g/mol. The molecule has 0 atom stereocenters. The van der Waals surface area contributed by atoms with Gasteiger partial charge in [-0.25, -0.2) is 4.98 Å². The van der Waals surface area contributed by atoms with Crippen LogP contribution in [0.1, 0.15) is 32.6 Å². The van der Waals surface area contributed by atoms with E-state index in [0.717, 1.165) is 18.8 Å². The van der Waals surface area contributed by atoms with Gasteiger partial charge in [0.15, 0.2) is 5.16 Å². The summed E-state index contributed by atoms with van der Waals surface area (Å²) in [7, 11) is 1.88. The second-order valence-corrected chi connectivity index (χ2v) is 8.85. The third kappa shape index (κ3) is 4.61. The molecular formula is C21H26ClN3O2S. The highest BCUT2D eigenvalue weighted by molar-refractivity contribution is 7.99. The Morgan fingerprint density at radius 3 is 2.79 bits per heavy atom. The van der Waals surface area contributed by atoms with E-state index >= 15 is 0 Å². The van der Waals surface area contributed by atoms with Gasteiger partial charge in [0.25, 0.3) is 5.56 Å². The minimum atomic E-state index is -0.147. The first-order valence-electron chi connectivity index (χ1n) is 9.60. The predicted octanol–water partition coefficient (Wildman–Crippen LogP) is 4.37. The Hall–Kier alpha value is -1.79. The first kappa shape index (κ1) is 20.9. The SMILES string of the molecule is C=CCn1c(SCC(=O)N(C)C2CCC(C)CC2)nc2cc(Cl)ccc2c1=O. The molecule has 1 aliphatic rings. The van der Waals surface area contributed by atoms with Crippen LogP contribution in [0.4, 0.5) is 0 Å². The molecule has 1 fully saturated rings. The molecule has 1 saturated carbocycles. The minimum Gasteiger partial charge on any atom is -0.342 e. The van der Waals surface area contributed by atoms with Gasteiger partial charge in [0, 0.05) is 24.7 Å². The van der Waals surface area contributed by atoms with Gasteiger partial charge in [-0.2, -0.15) is 0 Å². The Morgan fingerprint density at radius 1 is 1.39 bits per heavy atom. The van der Waals surface area contributed by atoms with E-state index < -0.39 is 0 Å². The number of carbonyl (C=O) groups excluding carboxylic acids is 1. The Bertz CT molecular complexity index is 935. The topological polar surface area (TPSA) is 55.2 Å². The van der Waals surface area contributed by atoms with Crippen LogP contribution >= 0.6 is 23.4 Å². The highest BCUT2D eigenvalue weighted by atomic mass is 35.5. The lowest BCUT2D eigenvalue weighted by Gasteiger charge is -2.33. The van der Waals surface area contributed by atoms with Gasteiger partial charge in [0.2, 0.25) is 5.91 Å². The molecule has 7 heteroatoms. The smallest absolute Gasteiger partial charge is 0.262 e. The first-order valence-corrected chi connectivity index (χ1v) is 11.0. The van der Waals surface area contributed by atoms with Crippen molar-refractivity contribution < 1.29 is 4.79 Å². The van der Waals surface area contributed by atoms with E-state index in [1.807, 2.05) is 11.9 Å². The van der Waals surface area contributed by atoms with Crippen molar-refractivity contribution in [1.29, 1.82) is 0 Å². The van der Waals surface area contributed by atoms with Crippen LogP contribution in [0.25, 0.3) is 10.9 Å². The van der Waals surface area contributed by atoms with E-state index in [-0.39, 0.29) is 17.2 Å². The molecule has 150 valence electrons. The number of hydrogen-bond donors (Lipinski definition) is 0. The molecule has 2 aromatic rings. The quantitative estimate of drug-likeness (QED) is 0.396. The lowest BCUT2D eigenvalue weighted by molar-refractivity contribution is -0.129. The van der Waals surface area contributed by atoms with Crippen LogP contribution in [0.15, 0.2) is 40.8 Å². The number of rotatable bonds is 6. The fraction of sp³-hybridized carbons (Fsp3) is 0.476. The molecule has 0 spiro atoms. The number of nitrogens with zero attached hydrogens (tertiary/aromatic N) is 3. The van der Waals surface area contributed by atoms with Crippen molar-refractivity contribution in [3.63, 3.8) is 0 Å². The first-order chi connectivity index (χ1) is 13.4. The molecule has 1 amide bonds. The van der Waals surface area contributed by atoms with Crippen molar-refractivity contribution in [1.82, 2.24) is 14.5 Å². The van der Waals surface area contributed by atoms with Crippen LogP contribution in [-0.4, -0.2) is 39.2 Å². The molecule has 0 bridgehead atoms. The van der Waals surface area contributed by atoms with E-state index in [2.05, 4.69) is 18.5 Å². The third-order valence-corrected chi connectivity index (χ3v) is 6.64. The van der Waals surface area contributed by atoms with E-state index in [1.54, 1.807) is 28.8 Å². The summed E-state index contributed by atoms with van der Waals surface area (Å²) in [6.07, 6.45) is 6.11. The van der Waals surface area contributed by atoms with Gasteiger partial charge in [-0.3, -0.25) is 14.2 Å². The van der Waals surface area contributed by atoms with Gasteiger partial charge in [0.1, 0.15) is 0 Å². The molecule has 28 heavy (non-hydrogen) atoms. The standard InChI is InChI=1S/C21H26ClN3O2S/c1-4-11-25-20(27)17-10-7-15(22)12-18(17)23-21(25)28-13-19(26)24(3)16-8-5-14(2)6-9-16/h4,7,10,12,14,16H,1,5-6,8-9,11,13H2,2-3H3. The molecular weight excluding hydrogens is 394 g/mol. The average Bonchev–Trinajstić information content (AvgIpc) is 2.68. The van der Waals surface area contributed by atoms with Gasteiger partial charge in [0.05, 0.1) is 16.7 Å². The van der Waals surface area contributed by atoms with E-state index in [1.165, 1.54) is 24.6 Å². The fourth-order valence-electron chi connectivity index (χ4n) is 3.64. The molecule has 1 aromatic carbocycles. The van der Waals surface area contributed by atoms with Gasteiger partial charge < -0.3 is 4.90 Å². The Labute approximate surface area is 174 Å². The molecule has 1 aromatic heterocycles. The largest absolute Gasteiger partial charge is 0.342 e. The number of hydrogen-bond acceptors (Lipinski definition) is 4. The number of fused-ring (bicyclic) bond motifs is 1. The maximum Gasteiger partial charge on any atom is 0.262 e. The van der Waals surface area contributed by atoms with Crippen LogP contribution in [-0.2, 0) is 11.3 Å². The molecule has 0 aliphatic heterocycles. The van der Waals surface area contributed by atoms with Gasteiger partial charge in [-0.15, -0.1) is 6.58 Å². The summed E-state index contributed by atoms with van der Waals surface area (Å²) in [5.41, 5.74) is 0.397. The monoisotopic (exact) mass is 419 g/mol. The maximum absolute atomic E-state index is 12.8. The molecule has 5 nitrogen and oxygen atoms in total. The number of amides is 1. The number of allylic oxidation sites excluding steroid dienone is 1. The zero-order valence-electron chi connectivity index (χ0n) is 16.4. The molecule has 0 saturated heterocycles. The normalized spacial score (nSPS) is 19.5. The van der Waals surface area contributed by atoms with Crippen LogP contribution in [0.2, 0.25) is 5.02 Å². The highest BCUT2D eigenvalue weighted by Crippen LogP contribution is 2.27. The molecule has 0 radical (unpaired) electrons. The Kier molecular flexibility index (Phi) is 6.83. The molecule has 0 unspecified atom stereocenters. The van der Waals surface area contributed by atoms with Gasteiger partial charge >= 0.3 is 0 Å². The molecule has 1 heterocycles. The summed E-state index contributed by atoms with van der Waals surface area (Å²) in [5, 5.41) is 1.55. The van der Waals surface area contributed by atoms with Crippen molar-refractivity contribution in [3.05, 3.63) is 46.2 Å². The zero-order valence-corrected chi connectivity index (χ0v) is 17.9. The summed E-state index contributed by atoms with van der Waals surface area (Å²) >= 11 is 7.35. The van der Waals surface area contributed by atoms with Crippen molar-refractivity contribution in [2.45, 2.75) is 50.4 Å². The molecule has 3 rings (SSSR count). The van der Waals surface area contributed by atoms with Crippen LogP contribution in [0.5, 0.6) is 0 Å². The fourth-order valence-corrected chi connectivity index (χ4v) is 4.73. The predicted molar refractivity (Wildman–Crippen MR) is 116 cm³/mol. The number of carbonyl (C=O) groups is 1. The van der Waals surface area contributed by atoms with Gasteiger partial charge in [-0.1, -0.05) is 36.4 Å². The zero-order chi connectivity index (χ0) is 20.3. The lowest BCUT2D eigenvalue weighted by Crippen LogP contribution is -2.40. The van der Waals surface area contributed by atoms with Crippen molar-refractivity contribution in [2.75, 3.05) is 12.8 Å². The van der Waals surface area contributed by atoms with E-state index in [0.29, 0.717) is 33.7 Å². The van der Waals surface area contributed by atoms with Crippen LogP contribution in [0.3, 0.4) is 0 Å². The van der Waals surface area contributed by atoms with Gasteiger partial charge in [-0.05, 0) is 49.8 Å². The molecule has 1 aliphatic carbocycles. The number of thioether (sulfide) groups is 1. The summed E-state index contributed by atoms with van der Waals surface area (Å²) in [6.45, 7) is 6.34. The van der Waals surface area contributed by atoms with E-state index in [4.69, 9.17) is 11.6 Å². The number of benzene rings is 1. The van der Waals surface area contributed by atoms with Crippen LogP contribution in [0, 0.1) is 5.92 Å². The lowest BCUT2D eigenvalue weighted by atomic mass is 9.87. The molecule has 0 N–H and O–H groups in total. The van der Waals surface area contributed by atoms with E-state index in [9.17, 15) is 9.59 Å². The van der Waals surface area contributed by atoms with Crippen molar-refractivity contribution in [3.8, 4) is 0 Å². The second kappa shape index (κ2) is 9.14. The second-order valence-electron chi connectivity index (χ2n) is 7.47. The van der Waals surface area contributed by atoms with Crippen molar-refractivity contribution >= 4 is 40.2 Å². The highest BCUT2D eigenvalue weighted by Gasteiger charge is 2.25. The summed E-state index contributed by atoms with van der Waals surface area (Å²) in [6, 6.07) is 5.35. The minimum absolute atomic E-state index is 0.0650. The number of halogens is 1.